The van der Waals surface area contributed by atoms with E-state index in [4.69, 9.17) is 29.0 Å². The van der Waals surface area contributed by atoms with Crippen LogP contribution in [0.2, 0.25) is 0 Å². The second-order valence-corrected chi connectivity index (χ2v) is 11.3. The Labute approximate surface area is 228 Å². The zero-order chi connectivity index (χ0) is 26.6. The van der Waals surface area contributed by atoms with Crippen LogP contribution in [-0.4, -0.2) is 85.7 Å². The fourth-order valence-corrected chi connectivity index (χ4v) is 6.26. The summed E-state index contributed by atoms with van der Waals surface area (Å²) in [5, 5.41) is 0. The molecule has 3 aromatic rings. The van der Waals surface area contributed by atoms with Gasteiger partial charge in [0.2, 0.25) is 11.8 Å². The molecule has 0 unspecified atom stereocenters. The number of morpholine rings is 1. The van der Waals surface area contributed by atoms with Gasteiger partial charge in [-0.05, 0) is 39.7 Å². The highest BCUT2D eigenvalue weighted by Gasteiger charge is 2.26. The number of aryl methyl sites for hydroxylation is 1. The molecule has 5 heterocycles. The van der Waals surface area contributed by atoms with E-state index in [1.165, 1.54) is 10.4 Å². The average Bonchev–Trinajstić information content (AvgIpc) is 3.24. The number of piperidine rings is 1. The third-order valence-corrected chi connectivity index (χ3v) is 8.17. The number of likely N-dealkylation sites (tertiary alicyclic amines) is 1. The quantitative estimate of drug-likeness (QED) is 0.395. The maximum atomic E-state index is 6.07. The number of pyridine rings is 1. The first-order chi connectivity index (χ1) is 18.5. The minimum Gasteiger partial charge on any atom is -0.479 e. The monoisotopic (exact) mass is 542 g/mol. The SMILES string of the molecule is CONc1cc(-c2nc(N3CCOCC3)nc3c(CN4CCC(OC(C)C)CC4)c(C)sc23)cnc1OC. The van der Waals surface area contributed by atoms with Gasteiger partial charge in [-0.1, -0.05) is 0 Å². The number of methoxy groups -OCH3 is 1. The van der Waals surface area contributed by atoms with E-state index in [-0.39, 0.29) is 6.10 Å². The molecular formula is C27H38N6O4S. The first-order valence-corrected chi connectivity index (χ1v) is 14.1. The molecule has 2 saturated heterocycles. The van der Waals surface area contributed by atoms with E-state index in [2.05, 4.69) is 41.0 Å². The topological polar surface area (TPSA) is 94.1 Å². The number of fused-ring (bicyclic) bond motifs is 1. The van der Waals surface area contributed by atoms with E-state index in [0.717, 1.165) is 73.0 Å². The van der Waals surface area contributed by atoms with E-state index < -0.39 is 0 Å². The standard InChI is InChI=1S/C27H38N6O4S/c1-17(2)37-20-6-8-32(9-7-20)16-21-18(3)38-25-23(19-14-22(31-35-5)26(34-4)28-15-19)29-27(30-24(21)25)33-10-12-36-13-11-33/h14-15,17,20,31H,6-13,16H2,1-5H3. The van der Waals surface area contributed by atoms with Crippen LogP contribution in [0.1, 0.15) is 37.1 Å². The van der Waals surface area contributed by atoms with Gasteiger partial charge < -0.3 is 19.1 Å². The van der Waals surface area contributed by atoms with Crippen LogP contribution in [0.5, 0.6) is 5.88 Å². The average molecular weight is 543 g/mol. The van der Waals surface area contributed by atoms with Gasteiger partial charge in [0, 0.05) is 54.9 Å². The van der Waals surface area contributed by atoms with Crippen LogP contribution in [0.3, 0.4) is 0 Å². The minimum absolute atomic E-state index is 0.274. The van der Waals surface area contributed by atoms with Crippen LogP contribution in [0, 0.1) is 6.92 Å². The molecular weight excluding hydrogens is 504 g/mol. The smallest absolute Gasteiger partial charge is 0.239 e. The summed E-state index contributed by atoms with van der Waals surface area (Å²) in [4.78, 5) is 25.9. The number of nitrogens with zero attached hydrogens (tertiary/aromatic N) is 5. The first kappa shape index (κ1) is 27.0. The lowest BCUT2D eigenvalue weighted by molar-refractivity contribution is -0.0278. The third kappa shape index (κ3) is 5.86. The summed E-state index contributed by atoms with van der Waals surface area (Å²) >= 11 is 1.75. The molecule has 0 spiro atoms. The lowest BCUT2D eigenvalue weighted by atomic mass is 10.1. The Morgan fingerprint density at radius 2 is 1.89 bits per heavy atom. The molecule has 38 heavy (non-hydrogen) atoms. The fourth-order valence-electron chi connectivity index (χ4n) is 5.15. The van der Waals surface area contributed by atoms with Gasteiger partial charge in [-0.2, -0.15) is 0 Å². The Bertz CT molecular complexity index is 1240. The summed E-state index contributed by atoms with van der Waals surface area (Å²) in [6.07, 6.45) is 4.55. The van der Waals surface area contributed by atoms with Crippen molar-refractivity contribution in [1.29, 1.82) is 0 Å². The van der Waals surface area contributed by atoms with Crippen molar-refractivity contribution in [2.24, 2.45) is 0 Å². The molecule has 0 radical (unpaired) electrons. The highest BCUT2D eigenvalue weighted by atomic mass is 32.1. The molecule has 0 aliphatic carbocycles. The Morgan fingerprint density at radius 3 is 2.58 bits per heavy atom. The lowest BCUT2D eigenvalue weighted by Gasteiger charge is -2.32. The maximum absolute atomic E-state index is 6.07. The van der Waals surface area contributed by atoms with Crippen LogP contribution >= 0.6 is 11.3 Å². The molecule has 0 bridgehead atoms. The summed E-state index contributed by atoms with van der Waals surface area (Å²) in [6, 6.07) is 1.97. The van der Waals surface area contributed by atoms with Gasteiger partial charge in [0.1, 0.15) is 5.69 Å². The molecule has 0 atom stereocenters. The highest BCUT2D eigenvalue weighted by molar-refractivity contribution is 7.19. The summed E-state index contributed by atoms with van der Waals surface area (Å²) in [5.41, 5.74) is 7.58. The zero-order valence-electron chi connectivity index (χ0n) is 23.0. The van der Waals surface area contributed by atoms with E-state index in [1.807, 2.05) is 6.07 Å². The number of hydrogen-bond donors (Lipinski definition) is 1. The summed E-state index contributed by atoms with van der Waals surface area (Å²) in [7, 11) is 3.16. The molecule has 10 nitrogen and oxygen atoms in total. The van der Waals surface area contributed by atoms with Gasteiger partial charge in [-0.25, -0.2) is 15.0 Å². The van der Waals surface area contributed by atoms with E-state index >= 15 is 0 Å². The zero-order valence-corrected chi connectivity index (χ0v) is 23.8. The summed E-state index contributed by atoms with van der Waals surface area (Å²) < 4.78 is 18.1. The largest absolute Gasteiger partial charge is 0.479 e. The Kier molecular flexibility index (Phi) is 8.59. The molecule has 3 aromatic heterocycles. The second-order valence-electron chi connectivity index (χ2n) is 10.0. The molecule has 2 fully saturated rings. The van der Waals surface area contributed by atoms with Gasteiger partial charge in [-0.3, -0.25) is 15.2 Å². The molecule has 2 aliphatic heterocycles. The van der Waals surface area contributed by atoms with Crippen LogP contribution in [0.25, 0.3) is 21.5 Å². The third-order valence-electron chi connectivity index (χ3n) is 7.02. The van der Waals surface area contributed by atoms with E-state index in [1.54, 1.807) is 31.8 Å². The van der Waals surface area contributed by atoms with Crippen LogP contribution < -0.4 is 15.1 Å². The highest BCUT2D eigenvalue weighted by Crippen LogP contribution is 2.39. The molecule has 0 aromatic carbocycles. The predicted molar refractivity (Wildman–Crippen MR) is 150 cm³/mol. The number of ether oxygens (including phenoxy) is 3. The Balaban J connectivity index is 1.53. The molecule has 11 heteroatoms. The van der Waals surface area contributed by atoms with Crippen molar-refractivity contribution in [2.45, 2.75) is 52.4 Å². The van der Waals surface area contributed by atoms with Gasteiger partial charge in [0.05, 0.1) is 55.6 Å². The molecule has 5 rings (SSSR count). The number of hydrogen-bond acceptors (Lipinski definition) is 11. The van der Waals surface area contributed by atoms with Gasteiger partial charge >= 0.3 is 0 Å². The molecule has 206 valence electrons. The molecule has 1 N–H and O–H groups in total. The summed E-state index contributed by atoms with van der Waals surface area (Å²) in [6.45, 7) is 12.2. The molecule has 2 aliphatic rings. The van der Waals surface area contributed by atoms with Gasteiger partial charge in [0.25, 0.3) is 0 Å². The number of nitrogens with one attached hydrogen (secondary N) is 1. The van der Waals surface area contributed by atoms with Crippen molar-refractivity contribution in [3.05, 3.63) is 22.7 Å². The number of rotatable bonds is 9. The molecule has 0 amide bonds. The van der Waals surface area contributed by atoms with Gasteiger partial charge in [-0.15, -0.1) is 11.3 Å². The van der Waals surface area contributed by atoms with Crippen molar-refractivity contribution in [1.82, 2.24) is 19.9 Å². The number of aromatic nitrogens is 3. The Morgan fingerprint density at radius 1 is 1.13 bits per heavy atom. The van der Waals surface area contributed by atoms with Crippen LogP contribution in [-0.2, 0) is 20.9 Å². The first-order valence-electron chi connectivity index (χ1n) is 13.3. The maximum Gasteiger partial charge on any atom is 0.239 e. The van der Waals surface area contributed by atoms with Crippen molar-refractivity contribution >= 4 is 33.2 Å². The predicted octanol–water partition coefficient (Wildman–Crippen LogP) is 4.27. The fraction of sp³-hybridized carbons (Fsp3) is 0.593. The van der Waals surface area contributed by atoms with Crippen molar-refractivity contribution in [2.75, 3.05) is 64.0 Å². The van der Waals surface area contributed by atoms with Gasteiger partial charge in [0.15, 0.2) is 0 Å². The van der Waals surface area contributed by atoms with E-state index in [0.29, 0.717) is 30.9 Å². The van der Waals surface area contributed by atoms with Crippen molar-refractivity contribution in [3.63, 3.8) is 0 Å². The number of thiophene rings is 1. The van der Waals surface area contributed by atoms with Crippen LogP contribution in [0.15, 0.2) is 12.3 Å². The Hall–Kier alpha value is -2.57. The molecule has 0 saturated carbocycles. The lowest BCUT2D eigenvalue weighted by Crippen LogP contribution is -2.38. The normalized spacial score (nSPS) is 17.5. The van der Waals surface area contributed by atoms with E-state index in [9.17, 15) is 0 Å². The summed E-state index contributed by atoms with van der Waals surface area (Å²) in [5.74, 6) is 1.19. The van der Waals surface area contributed by atoms with Crippen molar-refractivity contribution in [3.8, 4) is 17.1 Å². The van der Waals surface area contributed by atoms with Crippen molar-refractivity contribution < 1.29 is 19.0 Å². The second kappa shape index (κ2) is 12.1. The minimum atomic E-state index is 0.274. The number of anilines is 2. The van der Waals surface area contributed by atoms with Crippen LogP contribution in [0.4, 0.5) is 11.6 Å².